The lowest BCUT2D eigenvalue weighted by Gasteiger charge is -2.18. The van der Waals surface area contributed by atoms with Crippen LogP contribution in [-0.4, -0.2) is 54.0 Å². The molecule has 1 aromatic heterocycles. The Balaban J connectivity index is 2.84. The average Bonchev–Trinajstić information content (AvgIpc) is 2.36. The fraction of sp³-hybridized carbons (Fsp3) is 0.636. The summed E-state index contributed by atoms with van der Waals surface area (Å²) in [7, 11) is -2.24. The third-order valence-corrected chi connectivity index (χ3v) is 4.17. The third kappa shape index (κ3) is 4.41. The lowest BCUT2D eigenvalue weighted by atomic mass is 10.4. The molecule has 8 heteroatoms. The highest BCUT2D eigenvalue weighted by atomic mass is 32.2. The molecule has 0 aliphatic rings. The monoisotopic (exact) mass is 288 g/mol. The third-order valence-electron chi connectivity index (χ3n) is 2.39. The van der Waals surface area contributed by atoms with Gasteiger partial charge in [0, 0.05) is 20.1 Å². The summed E-state index contributed by atoms with van der Waals surface area (Å²) in [6.07, 6.45) is 2.73. The first kappa shape index (κ1) is 15.8. The summed E-state index contributed by atoms with van der Waals surface area (Å²) in [5, 5.41) is 12.2. The number of nitrogens with zero attached hydrogens (tertiary/aromatic N) is 3. The van der Waals surface area contributed by atoms with Crippen LogP contribution in [-0.2, 0) is 10.0 Å². The quantitative estimate of drug-likeness (QED) is 0.749. The fourth-order valence-corrected chi connectivity index (χ4v) is 2.57. The lowest BCUT2D eigenvalue weighted by Crippen LogP contribution is -2.33. The molecule has 0 aromatic carbocycles. The normalized spacial score (nSPS) is 13.5. The number of likely N-dealkylation sites (N-methyl/N-ethyl adjacent to an activating group) is 1. The van der Waals surface area contributed by atoms with E-state index in [2.05, 4.69) is 15.3 Å². The van der Waals surface area contributed by atoms with Crippen LogP contribution in [0.5, 0.6) is 0 Å². The predicted octanol–water partition coefficient (Wildman–Crippen LogP) is 0.300. The van der Waals surface area contributed by atoms with Gasteiger partial charge in [0.05, 0.1) is 18.5 Å². The van der Waals surface area contributed by atoms with E-state index in [1.165, 1.54) is 26.4 Å². The molecule has 1 aromatic rings. The van der Waals surface area contributed by atoms with E-state index in [4.69, 9.17) is 0 Å². The molecule has 108 valence electrons. The summed E-state index contributed by atoms with van der Waals surface area (Å²) in [6, 6.07) is 0. The van der Waals surface area contributed by atoms with Gasteiger partial charge in [-0.25, -0.2) is 18.4 Å². The molecule has 0 aliphatic carbocycles. The molecule has 0 saturated heterocycles. The zero-order valence-electron chi connectivity index (χ0n) is 11.4. The zero-order valence-corrected chi connectivity index (χ0v) is 12.2. The first-order valence-corrected chi connectivity index (χ1v) is 7.52. The van der Waals surface area contributed by atoms with E-state index in [0.29, 0.717) is 5.95 Å². The largest absolute Gasteiger partial charge is 0.392 e. The summed E-state index contributed by atoms with van der Waals surface area (Å²) >= 11 is 0. The van der Waals surface area contributed by atoms with Crippen LogP contribution in [0.2, 0.25) is 0 Å². The Morgan fingerprint density at radius 2 is 2.00 bits per heavy atom. The Hall–Kier alpha value is -1.25. The number of nitrogens with one attached hydrogen (secondary N) is 1. The highest BCUT2D eigenvalue weighted by Crippen LogP contribution is 2.13. The minimum Gasteiger partial charge on any atom is -0.392 e. The number of aliphatic hydroxyl groups is 1. The second-order valence-corrected chi connectivity index (χ2v) is 6.35. The van der Waals surface area contributed by atoms with Gasteiger partial charge in [0.2, 0.25) is 16.0 Å². The van der Waals surface area contributed by atoms with Crippen molar-refractivity contribution >= 4 is 16.0 Å². The molecule has 0 fully saturated rings. The van der Waals surface area contributed by atoms with Crippen LogP contribution in [0.15, 0.2) is 17.3 Å². The molecular weight excluding hydrogens is 268 g/mol. The molecule has 2 N–H and O–H groups in total. The molecule has 1 heterocycles. The number of sulfonamides is 1. The Labute approximate surface area is 113 Å². The fourth-order valence-electron chi connectivity index (χ4n) is 1.43. The molecule has 0 aliphatic heterocycles. The van der Waals surface area contributed by atoms with E-state index in [1.807, 2.05) is 6.92 Å². The summed E-state index contributed by atoms with van der Waals surface area (Å²) in [6.45, 7) is 4.29. The van der Waals surface area contributed by atoms with Crippen molar-refractivity contribution in [1.29, 1.82) is 0 Å². The molecule has 7 nitrogen and oxygen atoms in total. The number of hydrogen-bond donors (Lipinski definition) is 2. The Morgan fingerprint density at radius 3 is 2.47 bits per heavy atom. The van der Waals surface area contributed by atoms with Gasteiger partial charge in [-0.15, -0.1) is 0 Å². The standard InChI is InChI=1S/C11H20N4O3S/c1-4-5-12-11-13-6-10(7-14-11)19(17,18)15(3)8-9(2)16/h6-7,9,16H,4-5,8H2,1-3H3,(H,12,13,14). The Bertz CT molecular complexity index is 487. The van der Waals surface area contributed by atoms with Gasteiger partial charge in [0.1, 0.15) is 4.90 Å². The van der Waals surface area contributed by atoms with Gasteiger partial charge in [-0.2, -0.15) is 4.31 Å². The number of anilines is 1. The van der Waals surface area contributed by atoms with E-state index in [9.17, 15) is 13.5 Å². The van der Waals surface area contributed by atoms with Crippen molar-refractivity contribution in [2.24, 2.45) is 0 Å². The van der Waals surface area contributed by atoms with Crippen molar-refractivity contribution in [2.75, 3.05) is 25.5 Å². The highest BCUT2D eigenvalue weighted by Gasteiger charge is 2.22. The van der Waals surface area contributed by atoms with E-state index >= 15 is 0 Å². The van der Waals surface area contributed by atoms with Gasteiger partial charge in [-0.1, -0.05) is 6.92 Å². The summed E-state index contributed by atoms with van der Waals surface area (Å²) in [5.41, 5.74) is 0. The molecule has 0 amide bonds. The minimum atomic E-state index is -3.65. The molecule has 0 saturated carbocycles. The first-order valence-electron chi connectivity index (χ1n) is 6.08. The maximum atomic E-state index is 12.1. The molecule has 1 atom stereocenters. The molecule has 0 bridgehead atoms. The second-order valence-electron chi connectivity index (χ2n) is 4.30. The predicted molar refractivity (Wildman–Crippen MR) is 72.3 cm³/mol. The van der Waals surface area contributed by atoms with Crippen LogP contribution in [0.1, 0.15) is 20.3 Å². The Morgan fingerprint density at radius 1 is 1.42 bits per heavy atom. The summed E-state index contributed by atoms with van der Waals surface area (Å²) in [5.74, 6) is 0.402. The van der Waals surface area contributed by atoms with Crippen molar-refractivity contribution in [3.05, 3.63) is 12.4 Å². The second kappa shape index (κ2) is 6.78. The summed E-state index contributed by atoms with van der Waals surface area (Å²) in [4.78, 5) is 7.92. The van der Waals surface area contributed by atoms with Crippen molar-refractivity contribution < 1.29 is 13.5 Å². The maximum absolute atomic E-state index is 12.1. The number of rotatable bonds is 7. The average molecular weight is 288 g/mol. The smallest absolute Gasteiger partial charge is 0.245 e. The molecule has 0 radical (unpaired) electrons. The van der Waals surface area contributed by atoms with Crippen molar-refractivity contribution in [3.8, 4) is 0 Å². The van der Waals surface area contributed by atoms with Crippen LogP contribution < -0.4 is 5.32 Å². The van der Waals surface area contributed by atoms with Gasteiger partial charge < -0.3 is 10.4 Å². The van der Waals surface area contributed by atoms with Crippen LogP contribution in [0, 0.1) is 0 Å². The van der Waals surface area contributed by atoms with Gasteiger partial charge >= 0.3 is 0 Å². The van der Waals surface area contributed by atoms with E-state index in [1.54, 1.807) is 0 Å². The van der Waals surface area contributed by atoms with E-state index in [-0.39, 0.29) is 11.4 Å². The minimum absolute atomic E-state index is 0.0118. The van der Waals surface area contributed by atoms with Crippen molar-refractivity contribution in [3.63, 3.8) is 0 Å². The topological polar surface area (TPSA) is 95.4 Å². The summed E-state index contributed by atoms with van der Waals surface area (Å²) < 4.78 is 25.3. The Kier molecular flexibility index (Phi) is 5.64. The molecule has 19 heavy (non-hydrogen) atoms. The molecule has 0 spiro atoms. The molecule has 1 rings (SSSR count). The van der Waals surface area contributed by atoms with Crippen molar-refractivity contribution in [1.82, 2.24) is 14.3 Å². The highest BCUT2D eigenvalue weighted by molar-refractivity contribution is 7.89. The van der Waals surface area contributed by atoms with Crippen LogP contribution in [0.3, 0.4) is 0 Å². The van der Waals surface area contributed by atoms with Gasteiger partial charge in [0.15, 0.2) is 0 Å². The zero-order chi connectivity index (χ0) is 14.5. The van der Waals surface area contributed by atoms with Crippen molar-refractivity contribution in [2.45, 2.75) is 31.3 Å². The lowest BCUT2D eigenvalue weighted by molar-refractivity contribution is 0.171. The van der Waals surface area contributed by atoms with E-state index < -0.39 is 16.1 Å². The number of aromatic nitrogens is 2. The van der Waals surface area contributed by atoms with Crippen LogP contribution in [0.25, 0.3) is 0 Å². The van der Waals surface area contributed by atoms with Gasteiger partial charge in [-0.3, -0.25) is 0 Å². The number of hydrogen-bond acceptors (Lipinski definition) is 6. The molecular formula is C11H20N4O3S. The molecule has 1 unspecified atom stereocenters. The van der Waals surface area contributed by atoms with Crippen LogP contribution >= 0.6 is 0 Å². The van der Waals surface area contributed by atoms with Gasteiger partial charge in [-0.05, 0) is 13.3 Å². The number of aliphatic hydroxyl groups excluding tert-OH is 1. The SMILES string of the molecule is CCCNc1ncc(S(=O)(=O)N(C)CC(C)O)cn1. The van der Waals surface area contributed by atoms with Gasteiger partial charge in [0.25, 0.3) is 0 Å². The van der Waals surface area contributed by atoms with E-state index in [0.717, 1.165) is 17.3 Å². The first-order chi connectivity index (χ1) is 8.87. The maximum Gasteiger partial charge on any atom is 0.245 e. The van der Waals surface area contributed by atoms with Crippen LogP contribution in [0.4, 0.5) is 5.95 Å².